The largest absolute Gasteiger partial charge is 0.480 e. The van der Waals surface area contributed by atoms with Gasteiger partial charge in [0.15, 0.2) is 24.0 Å². The molecule has 0 aliphatic carbocycles. The molecule has 1 radical (unpaired) electrons. The topological polar surface area (TPSA) is 203 Å². The van der Waals surface area contributed by atoms with Gasteiger partial charge in [0.1, 0.15) is 0 Å². The van der Waals surface area contributed by atoms with Crippen molar-refractivity contribution in [1.82, 2.24) is 0 Å². The summed E-state index contributed by atoms with van der Waals surface area (Å²) in [6.07, 6.45) is 2.42. The van der Waals surface area contributed by atoms with Crippen LogP contribution in [0.5, 0.6) is 0 Å². The Bertz CT molecular complexity index is 370. The molecule has 0 rings (SSSR count). The van der Waals surface area contributed by atoms with Crippen molar-refractivity contribution in [2.24, 2.45) is 32.9 Å². The quantitative estimate of drug-likeness (QED) is 0.175. The molecular weight excluding hydrogens is 356 g/mol. The molecule has 0 aromatic carbocycles. The molecule has 10 nitrogen and oxygen atoms in total. The van der Waals surface area contributed by atoms with Gasteiger partial charge < -0.3 is 33.1 Å². The summed E-state index contributed by atoms with van der Waals surface area (Å²) in [5.41, 5.74) is 20.1. The number of nitrogens with zero attached hydrogens (tertiary/aromatic N) is 2. The molecule has 0 bridgehead atoms. The van der Waals surface area contributed by atoms with Gasteiger partial charge in [0.05, 0.1) is 0 Å². The van der Waals surface area contributed by atoms with Crippen LogP contribution in [0.15, 0.2) is 9.98 Å². The van der Waals surface area contributed by atoms with Crippen molar-refractivity contribution < 1.29 is 36.9 Å². The fourth-order valence-corrected chi connectivity index (χ4v) is 1.39. The van der Waals surface area contributed by atoms with E-state index in [4.69, 9.17) is 33.1 Å². The second-order valence-corrected chi connectivity index (χ2v) is 4.39. The molecule has 10 N–H and O–H groups in total. The summed E-state index contributed by atoms with van der Waals surface area (Å²) in [7, 11) is 0. The summed E-state index contributed by atoms with van der Waals surface area (Å²) in [5.74, 6) is -2.32. The van der Waals surface area contributed by atoms with E-state index in [2.05, 4.69) is 9.98 Å². The van der Waals surface area contributed by atoms with E-state index in [1.807, 2.05) is 13.8 Å². The number of aliphatic carboxylic acids is 2. The Morgan fingerprint density at radius 2 is 1.09 bits per heavy atom. The molecule has 2 unspecified atom stereocenters. The summed E-state index contributed by atoms with van der Waals surface area (Å²) in [6, 6.07) is -1.57. The maximum atomic E-state index is 10.4. The summed E-state index contributed by atoms with van der Waals surface area (Å²) < 4.78 is 0. The van der Waals surface area contributed by atoms with Crippen LogP contribution in [0.25, 0.3) is 0 Å². The number of carboxylic acid groups (broad SMARTS) is 2. The SMILES string of the molecule is CCCC(N=C(N)N)C(=O)O.CCCC(N=C(N)N)C(=O)O.[Cu]. The Hall–Kier alpha value is -2.00. The van der Waals surface area contributed by atoms with Gasteiger partial charge in [-0.15, -0.1) is 0 Å². The van der Waals surface area contributed by atoms with E-state index in [-0.39, 0.29) is 29.0 Å². The molecule has 0 fully saturated rings. The third-order valence-electron chi connectivity index (χ3n) is 2.30. The van der Waals surface area contributed by atoms with Gasteiger partial charge in [0.2, 0.25) is 0 Å². The first-order valence-corrected chi connectivity index (χ1v) is 6.78. The van der Waals surface area contributed by atoms with Crippen LogP contribution in [-0.4, -0.2) is 46.2 Å². The Balaban J connectivity index is -0.000000333. The molecule has 0 aromatic rings. The maximum absolute atomic E-state index is 10.4. The predicted octanol–water partition coefficient (Wildman–Crippen LogP) is -0.976. The summed E-state index contributed by atoms with van der Waals surface area (Å²) in [4.78, 5) is 27.9. The minimum Gasteiger partial charge on any atom is -0.480 e. The van der Waals surface area contributed by atoms with Gasteiger partial charge in [-0.25, -0.2) is 19.6 Å². The Kier molecular flexibility index (Phi) is 16.8. The van der Waals surface area contributed by atoms with Crippen molar-refractivity contribution in [3.63, 3.8) is 0 Å². The summed E-state index contributed by atoms with van der Waals surface area (Å²) in [6.45, 7) is 3.75. The first kappa shape index (κ1) is 25.9. The fourth-order valence-electron chi connectivity index (χ4n) is 1.39. The van der Waals surface area contributed by atoms with Gasteiger partial charge in [-0.1, -0.05) is 26.7 Å². The van der Waals surface area contributed by atoms with Crippen molar-refractivity contribution in [2.45, 2.75) is 51.6 Å². The Labute approximate surface area is 145 Å². The van der Waals surface area contributed by atoms with Crippen LogP contribution >= 0.6 is 0 Å². The zero-order valence-electron chi connectivity index (χ0n) is 13.2. The molecule has 0 aromatic heterocycles. The molecule has 139 valence electrons. The van der Waals surface area contributed by atoms with E-state index in [1.165, 1.54) is 0 Å². The van der Waals surface area contributed by atoms with E-state index >= 15 is 0 Å². The van der Waals surface area contributed by atoms with Gasteiger partial charge in [-0.05, 0) is 12.8 Å². The van der Waals surface area contributed by atoms with Gasteiger partial charge in [-0.2, -0.15) is 0 Å². The minimum absolute atomic E-state index is 0. The Morgan fingerprint density at radius 1 is 0.826 bits per heavy atom. The smallest absolute Gasteiger partial charge is 0.328 e. The zero-order chi connectivity index (χ0) is 17.7. The average molecular weight is 382 g/mol. The molecular formula is C12H26CuN6O4. The van der Waals surface area contributed by atoms with Gasteiger partial charge >= 0.3 is 11.9 Å². The zero-order valence-corrected chi connectivity index (χ0v) is 14.1. The average Bonchev–Trinajstić information content (AvgIpc) is 2.37. The monoisotopic (exact) mass is 381 g/mol. The van der Waals surface area contributed by atoms with Crippen LogP contribution < -0.4 is 22.9 Å². The van der Waals surface area contributed by atoms with Crippen LogP contribution in [0, 0.1) is 0 Å². The van der Waals surface area contributed by atoms with E-state index in [9.17, 15) is 9.59 Å². The molecule has 0 spiro atoms. The number of guanidine groups is 2. The third-order valence-corrected chi connectivity index (χ3v) is 2.30. The number of carbonyl (C=O) groups is 2. The second-order valence-electron chi connectivity index (χ2n) is 4.39. The minimum atomic E-state index is -0.986. The van der Waals surface area contributed by atoms with E-state index in [0.29, 0.717) is 12.8 Å². The maximum Gasteiger partial charge on any atom is 0.328 e. The molecule has 0 aliphatic heterocycles. The fraction of sp³-hybridized carbons (Fsp3) is 0.667. The summed E-state index contributed by atoms with van der Waals surface area (Å²) in [5, 5.41) is 17.1. The first-order chi connectivity index (χ1) is 10.1. The van der Waals surface area contributed by atoms with Gasteiger partial charge in [0, 0.05) is 17.1 Å². The number of rotatable bonds is 8. The van der Waals surface area contributed by atoms with Gasteiger partial charge in [-0.3, -0.25) is 0 Å². The van der Waals surface area contributed by atoms with Crippen molar-refractivity contribution in [2.75, 3.05) is 0 Å². The van der Waals surface area contributed by atoms with E-state index < -0.39 is 24.0 Å². The van der Waals surface area contributed by atoms with Crippen LogP contribution in [0.2, 0.25) is 0 Å². The number of carboxylic acids is 2. The van der Waals surface area contributed by atoms with Crippen molar-refractivity contribution in [3.8, 4) is 0 Å². The van der Waals surface area contributed by atoms with Crippen molar-refractivity contribution >= 4 is 23.9 Å². The molecule has 23 heavy (non-hydrogen) atoms. The number of nitrogens with two attached hydrogens (primary N) is 4. The summed E-state index contributed by atoms with van der Waals surface area (Å²) >= 11 is 0. The third kappa shape index (κ3) is 16.2. The number of hydrogen-bond donors (Lipinski definition) is 6. The van der Waals surface area contributed by atoms with Crippen LogP contribution in [0.1, 0.15) is 39.5 Å². The number of aliphatic imine (C=N–C) groups is 2. The van der Waals surface area contributed by atoms with Crippen molar-refractivity contribution in [1.29, 1.82) is 0 Å². The van der Waals surface area contributed by atoms with Gasteiger partial charge in [0.25, 0.3) is 0 Å². The van der Waals surface area contributed by atoms with Crippen LogP contribution in [-0.2, 0) is 26.7 Å². The molecule has 0 aliphatic rings. The molecule has 2 atom stereocenters. The molecule has 0 amide bonds. The second kappa shape index (κ2) is 14.9. The standard InChI is InChI=1S/2C6H13N3O2.Cu/c2*1-2-3-4(5(10)11)9-6(7)8;/h2*4H,2-3H2,1H3,(H,10,11)(H4,7,8,9);. The number of hydrogen-bond acceptors (Lipinski definition) is 4. The normalized spacial score (nSPS) is 11.6. The van der Waals surface area contributed by atoms with Crippen LogP contribution in [0.3, 0.4) is 0 Å². The molecule has 0 heterocycles. The first-order valence-electron chi connectivity index (χ1n) is 6.78. The Morgan fingerprint density at radius 3 is 1.22 bits per heavy atom. The van der Waals surface area contributed by atoms with Crippen LogP contribution in [0.4, 0.5) is 0 Å². The predicted molar refractivity (Wildman–Crippen MR) is 84.3 cm³/mol. The molecule has 0 saturated carbocycles. The molecule has 0 saturated heterocycles. The van der Waals surface area contributed by atoms with Crippen molar-refractivity contribution in [3.05, 3.63) is 0 Å². The van der Waals surface area contributed by atoms with E-state index in [0.717, 1.165) is 12.8 Å². The van der Waals surface area contributed by atoms with E-state index in [1.54, 1.807) is 0 Å². The molecule has 11 heteroatoms.